The first-order valence-corrected chi connectivity index (χ1v) is 10.4. The lowest BCUT2D eigenvalue weighted by atomic mass is 9.87. The highest BCUT2D eigenvalue weighted by Gasteiger charge is 2.44. The molecule has 1 amide bonds. The topological polar surface area (TPSA) is 83.8 Å². The molecular formula is C20H25N3O4S. The highest BCUT2D eigenvalue weighted by Crippen LogP contribution is 2.35. The second-order valence-electron chi connectivity index (χ2n) is 8.19. The van der Waals surface area contributed by atoms with Gasteiger partial charge in [0.2, 0.25) is 5.91 Å². The minimum Gasteiger partial charge on any atom is -0.341 e. The zero-order valence-corrected chi connectivity index (χ0v) is 16.6. The third kappa shape index (κ3) is 3.67. The molecule has 1 aromatic rings. The summed E-state index contributed by atoms with van der Waals surface area (Å²) in [4.78, 5) is 38.4. The number of benzene rings is 1. The van der Waals surface area contributed by atoms with Crippen LogP contribution in [0.4, 0.5) is 5.69 Å². The Bertz CT molecular complexity index is 809. The van der Waals surface area contributed by atoms with Crippen molar-refractivity contribution >= 4 is 30.2 Å². The first kappa shape index (κ1) is 19.4. The van der Waals surface area contributed by atoms with E-state index in [9.17, 15) is 19.7 Å². The van der Waals surface area contributed by atoms with Crippen LogP contribution < -0.4 is 0 Å². The van der Waals surface area contributed by atoms with Crippen molar-refractivity contribution in [2.24, 2.45) is 11.8 Å². The molecule has 150 valence electrons. The molecule has 0 bridgehead atoms. The van der Waals surface area contributed by atoms with Crippen LogP contribution in [0.15, 0.2) is 18.2 Å². The molecule has 2 unspecified atom stereocenters. The van der Waals surface area contributed by atoms with Gasteiger partial charge in [0.15, 0.2) is 0 Å². The average Bonchev–Trinajstić information content (AvgIpc) is 3.39. The van der Waals surface area contributed by atoms with E-state index in [-0.39, 0.29) is 34.1 Å². The molecule has 4 rings (SSSR count). The van der Waals surface area contributed by atoms with E-state index >= 15 is 0 Å². The van der Waals surface area contributed by atoms with Crippen LogP contribution >= 0.6 is 12.8 Å². The molecule has 2 heterocycles. The van der Waals surface area contributed by atoms with Crippen LogP contribution in [0, 0.1) is 22.0 Å². The van der Waals surface area contributed by atoms with Gasteiger partial charge >= 0.3 is 0 Å². The molecule has 1 aliphatic carbocycles. The predicted molar refractivity (Wildman–Crippen MR) is 107 cm³/mol. The molecule has 3 atom stereocenters. The number of Topliss-reactive ketones (excluding diaryl/α,β-unsaturated/α-hetero) is 1. The quantitative estimate of drug-likeness (QED) is 0.464. The van der Waals surface area contributed by atoms with Crippen molar-refractivity contribution in [3.8, 4) is 0 Å². The Hall–Kier alpha value is -1.93. The van der Waals surface area contributed by atoms with Crippen molar-refractivity contribution in [2.75, 3.05) is 19.6 Å². The first-order chi connectivity index (χ1) is 13.4. The Kier molecular flexibility index (Phi) is 5.42. The van der Waals surface area contributed by atoms with Gasteiger partial charge in [0, 0.05) is 44.1 Å². The van der Waals surface area contributed by atoms with Crippen LogP contribution in [-0.2, 0) is 22.4 Å². The first-order valence-electron chi connectivity index (χ1n) is 9.97. The van der Waals surface area contributed by atoms with E-state index < -0.39 is 6.04 Å². The lowest BCUT2D eigenvalue weighted by molar-refractivity contribution is -0.384. The molecule has 3 aliphatic rings. The lowest BCUT2D eigenvalue weighted by Crippen LogP contribution is -2.46. The number of nitrogens with zero attached hydrogens (tertiary/aromatic N) is 3. The molecule has 8 heteroatoms. The number of non-ortho nitro benzene ring substituents is 1. The second kappa shape index (κ2) is 7.83. The Morgan fingerprint density at radius 3 is 2.57 bits per heavy atom. The van der Waals surface area contributed by atoms with Crippen LogP contribution in [0.1, 0.15) is 36.8 Å². The molecule has 0 spiro atoms. The fourth-order valence-electron chi connectivity index (χ4n) is 4.93. The standard InChI is InChI=1S/C20H25N3O4S/c24-18(11-13-9-14-3-4-16(23(26)27)12-15(14)10-13)17-5-8-22(28)19(17)20(25)21-6-1-2-7-21/h3-4,12-13,17,19,28H,1-2,5-11H2/t13?,17?,19-/m1/s1. The van der Waals surface area contributed by atoms with Gasteiger partial charge in [0.1, 0.15) is 11.8 Å². The molecule has 0 saturated carbocycles. The van der Waals surface area contributed by atoms with Gasteiger partial charge in [-0.25, -0.2) is 4.31 Å². The molecular weight excluding hydrogens is 378 g/mol. The van der Waals surface area contributed by atoms with E-state index in [1.165, 1.54) is 6.07 Å². The summed E-state index contributed by atoms with van der Waals surface area (Å²) in [5.41, 5.74) is 2.16. The van der Waals surface area contributed by atoms with Crippen LogP contribution in [0.25, 0.3) is 0 Å². The normalized spacial score (nSPS) is 27.2. The summed E-state index contributed by atoms with van der Waals surface area (Å²) in [7, 11) is 0. The van der Waals surface area contributed by atoms with E-state index in [1.54, 1.807) is 10.4 Å². The van der Waals surface area contributed by atoms with Crippen LogP contribution in [0.5, 0.6) is 0 Å². The molecule has 0 N–H and O–H groups in total. The zero-order valence-electron chi connectivity index (χ0n) is 15.7. The number of nitro groups is 1. The number of ketones is 1. The molecule has 1 aromatic carbocycles. The van der Waals surface area contributed by atoms with E-state index in [0.717, 1.165) is 43.5 Å². The lowest BCUT2D eigenvalue weighted by Gasteiger charge is -2.27. The SMILES string of the molecule is O=C(CC1Cc2ccc([N+](=O)[O-])cc2C1)C1CCN(S)[C@H]1C(=O)N1CCCC1. The van der Waals surface area contributed by atoms with Crippen LogP contribution in [0.3, 0.4) is 0 Å². The number of rotatable bonds is 5. The van der Waals surface area contributed by atoms with Crippen LogP contribution in [-0.4, -0.2) is 51.5 Å². The maximum atomic E-state index is 13.1. The Labute approximate surface area is 169 Å². The van der Waals surface area contributed by atoms with Gasteiger partial charge in [-0.1, -0.05) is 18.9 Å². The van der Waals surface area contributed by atoms with Gasteiger partial charge in [-0.15, -0.1) is 0 Å². The number of nitro benzene ring substituents is 1. The van der Waals surface area contributed by atoms with Gasteiger partial charge < -0.3 is 4.90 Å². The Morgan fingerprint density at radius 1 is 1.14 bits per heavy atom. The third-order valence-corrected chi connectivity index (χ3v) is 6.81. The summed E-state index contributed by atoms with van der Waals surface area (Å²) in [5.74, 6) is 0.0137. The van der Waals surface area contributed by atoms with Crippen molar-refractivity contribution in [2.45, 2.75) is 44.6 Å². The average molecular weight is 404 g/mol. The highest BCUT2D eigenvalue weighted by atomic mass is 32.1. The van der Waals surface area contributed by atoms with Gasteiger partial charge in [0.05, 0.1) is 4.92 Å². The number of amides is 1. The molecule has 0 radical (unpaired) electrons. The molecule has 7 nitrogen and oxygen atoms in total. The summed E-state index contributed by atoms with van der Waals surface area (Å²) in [6.45, 7) is 2.18. The summed E-state index contributed by atoms with van der Waals surface area (Å²) < 4.78 is 1.73. The fraction of sp³-hybridized carbons (Fsp3) is 0.600. The van der Waals surface area contributed by atoms with Gasteiger partial charge in [-0.05, 0) is 49.1 Å². The fourth-order valence-corrected chi connectivity index (χ4v) is 5.30. The molecule has 2 saturated heterocycles. The van der Waals surface area contributed by atoms with Gasteiger partial charge in [-0.3, -0.25) is 19.7 Å². The van der Waals surface area contributed by atoms with Gasteiger partial charge in [-0.2, -0.15) is 0 Å². The van der Waals surface area contributed by atoms with Crippen LogP contribution in [0.2, 0.25) is 0 Å². The van der Waals surface area contributed by atoms with Crippen molar-refractivity contribution in [1.29, 1.82) is 0 Å². The van der Waals surface area contributed by atoms with Crippen molar-refractivity contribution in [1.82, 2.24) is 9.21 Å². The minimum absolute atomic E-state index is 0.0358. The van der Waals surface area contributed by atoms with Crippen molar-refractivity contribution in [3.05, 3.63) is 39.4 Å². The molecule has 28 heavy (non-hydrogen) atoms. The number of hydrogen-bond acceptors (Lipinski definition) is 6. The van der Waals surface area contributed by atoms with E-state index in [2.05, 4.69) is 12.8 Å². The largest absolute Gasteiger partial charge is 0.341 e. The van der Waals surface area contributed by atoms with E-state index in [4.69, 9.17) is 0 Å². The predicted octanol–water partition coefficient (Wildman–Crippen LogP) is 2.43. The summed E-state index contributed by atoms with van der Waals surface area (Å²) in [6, 6.07) is 4.51. The summed E-state index contributed by atoms with van der Waals surface area (Å²) in [5, 5.41) is 11.0. The molecule has 2 fully saturated rings. The highest BCUT2D eigenvalue weighted by molar-refractivity contribution is 7.77. The molecule has 2 aliphatic heterocycles. The monoisotopic (exact) mass is 403 g/mol. The van der Waals surface area contributed by atoms with Crippen molar-refractivity contribution < 1.29 is 14.5 Å². The maximum Gasteiger partial charge on any atom is 0.269 e. The molecule has 0 aromatic heterocycles. The summed E-state index contributed by atoms with van der Waals surface area (Å²) in [6.07, 6.45) is 4.58. The minimum atomic E-state index is -0.459. The number of hydrogen-bond donors (Lipinski definition) is 1. The number of carbonyl (C=O) groups excluding carboxylic acids is 2. The van der Waals surface area contributed by atoms with E-state index in [1.807, 2.05) is 11.0 Å². The smallest absolute Gasteiger partial charge is 0.269 e. The third-order valence-electron chi connectivity index (χ3n) is 6.36. The Balaban J connectivity index is 1.41. The van der Waals surface area contributed by atoms with Crippen molar-refractivity contribution in [3.63, 3.8) is 0 Å². The second-order valence-corrected chi connectivity index (χ2v) is 8.70. The van der Waals surface area contributed by atoms with Gasteiger partial charge in [0.25, 0.3) is 5.69 Å². The number of carbonyl (C=O) groups is 2. The summed E-state index contributed by atoms with van der Waals surface area (Å²) >= 11 is 4.46. The van der Waals surface area contributed by atoms with E-state index in [0.29, 0.717) is 25.8 Å². The Morgan fingerprint density at radius 2 is 1.86 bits per heavy atom. The number of fused-ring (bicyclic) bond motifs is 1. The zero-order chi connectivity index (χ0) is 19.8. The maximum absolute atomic E-state index is 13.1. The number of likely N-dealkylation sites (tertiary alicyclic amines) is 1. The number of thiol groups is 1.